The van der Waals surface area contributed by atoms with Gasteiger partial charge in [0.1, 0.15) is 11.5 Å². The van der Waals surface area contributed by atoms with Gasteiger partial charge in [-0.15, -0.1) is 0 Å². The number of hydrogen-bond acceptors (Lipinski definition) is 5. The van der Waals surface area contributed by atoms with Crippen LogP contribution in [-0.4, -0.2) is 37.1 Å². The van der Waals surface area contributed by atoms with Crippen molar-refractivity contribution < 1.29 is 13.6 Å². The number of benzene rings is 1. The van der Waals surface area contributed by atoms with Crippen molar-refractivity contribution in [2.45, 2.75) is 64.6 Å². The number of halogens is 3. The SMILES string of the molecule is CC(C)Nc1ccc(-n2c(=O)n(C[C@H]3CC[C@H](NC(=O)c4cc(Cl)cnc4C(F)F)CC3)c3ccccc32)cn1. The number of carbonyl (C=O) groups excluding carboxylic acids is 1. The van der Waals surface area contributed by atoms with E-state index in [4.69, 9.17) is 11.6 Å². The second-order valence-corrected chi connectivity index (χ2v) is 10.9. The molecule has 1 aliphatic rings. The maximum atomic E-state index is 13.7. The summed E-state index contributed by atoms with van der Waals surface area (Å²) in [5, 5.41) is 6.25. The lowest BCUT2D eigenvalue weighted by molar-refractivity contribution is 0.0904. The van der Waals surface area contributed by atoms with Crippen molar-refractivity contribution in [2.24, 2.45) is 5.92 Å². The molecule has 11 heteroatoms. The quantitative estimate of drug-likeness (QED) is 0.273. The predicted molar refractivity (Wildman–Crippen MR) is 152 cm³/mol. The van der Waals surface area contributed by atoms with Crippen molar-refractivity contribution in [3.63, 3.8) is 0 Å². The molecular formula is C29H31ClF2N6O2. The van der Waals surface area contributed by atoms with E-state index < -0.39 is 18.0 Å². The number of alkyl halides is 2. The van der Waals surface area contributed by atoms with Gasteiger partial charge in [0.25, 0.3) is 12.3 Å². The number of nitrogens with zero attached hydrogens (tertiary/aromatic N) is 4. The van der Waals surface area contributed by atoms with Crippen LogP contribution in [0.3, 0.4) is 0 Å². The number of anilines is 1. The average molecular weight is 569 g/mol. The maximum absolute atomic E-state index is 13.7. The minimum atomic E-state index is -2.88. The van der Waals surface area contributed by atoms with Crippen LogP contribution in [0.2, 0.25) is 5.02 Å². The van der Waals surface area contributed by atoms with Crippen LogP contribution in [0.5, 0.6) is 0 Å². The zero-order valence-corrected chi connectivity index (χ0v) is 23.0. The van der Waals surface area contributed by atoms with Gasteiger partial charge in [-0.3, -0.25) is 18.9 Å². The number of fused-ring (bicyclic) bond motifs is 1. The second-order valence-electron chi connectivity index (χ2n) is 10.5. The van der Waals surface area contributed by atoms with E-state index in [1.807, 2.05) is 54.8 Å². The van der Waals surface area contributed by atoms with E-state index in [1.165, 1.54) is 6.07 Å². The molecule has 0 saturated heterocycles. The number of amides is 1. The third-order valence-corrected chi connectivity index (χ3v) is 7.44. The number of imidazole rings is 1. The third-order valence-electron chi connectivity index (χ3n) is 7.24. The van der Waals surface area contributed by atoms with Gasteiger partial charge >= 0.3 is 5.69 Å². The van der Waals surface area contributed by atoms with Crippen LogP contribution in [0, 0.1) is 5.92 Å². The molecule has 2 N–H and O–H groups in total. The Morgan fingerprint density at radius 2 is 1.77 bits per heavy atom. The summed E-state index contributed by atoms with van der Waals surface area (Å²) in [6.07, 6.45) is 2.85. The Kier molecular flexibility index (Phi) is 8.16. The number of para-hydroxylation sites is 2. The molecule has 0 unspecified atom stereocenters. The molecular weight excluding hydrogens is 538 g/mol. The summed E-state index contributed by atoms with van der Waals surface area (Å²) in [5.74, 6) is 0.373. The minimum Gasteiger partial charge on any atom is -0.368 e. The van der Waals surface area contributed by atoms with Gasteiger partial charge in [0, 0.05) is 24.8 Å². The van der Waals surface area contributed by atoms with Crippen molar-refractivity contribution in [2.75, 3.05) is 5.32 Å². The van der Waals surface area contributed by atoms with Crippen LogP contribution in [0.25, 0.3) is 16.7 Å². The standard InChI is InChI=1S/C29H31ClF2N6O2/c1-17(2)35-25-12-11-21(15-33-25)38-24-6-4-3-5-23(24)37(29(38)40)16-18-7-9-20(10-8-18)36-28(39)22-13-19(30)14-34-26(22)27(31)32/h3-6,11-15,17-18,20,27H,7-10,16H2,1-2H3,(H,33,35)(H,36,39)/t18-,20-. The van der Waals surface area contributed by atoms with Crippen molar-refractivity contribution >= 4 is 34.4 Å². The fourth-order valence-corrected chi connectivity index (χ4v) is 5.51. The van der Waals surface area contributed by atoms with Crippen molar-refractivity contribution in [3.8, 4) is 5.69 Å². The summed E-state index contributed by atoms with van der Waals surface area (Å²) in [6, 6.07) is 12.8. The Morgan fingerprint density at radius 3 is 2.42 bits per heavy atom. The van der Waals surface area contributed by atoms with Gasteiger partial charge in [-0.25, -0.2) is 18.6 Å². The van der Waals surface area contributed by atoms with Gasteiger partial charge in [0.15, 0.2) is 0 Å². The Hall–Kier alpha value is -3.79. The van der Waals surface area contributed by atoms with E-state index >= 15 is 0 Å². The van der Waals surface area contributed by atoms with Crippen LogP contribution in [0.15, 0.2) is 59.7 Å². The van der Waals surface area contributed by atoms with Crippen LogP contribution >= 0.6 is 11.6 Å². The molecule has 0 spiro atoms. The molecule has 40 heavy (non-hydrogen) atoms. The first-order chi connectivity index (χ1) is 19.2. The fraction of sp³-hybridized carbons (Fsp3) is 0.379. The highest BCUT2D eigenvalue weighted by Crippen LogP contribution is 2.29. The lowest BCUT2D eigenvalue weighted by Gasteiger charge is -2.29. The van der Waals surface area contributed by atoms with E-state index in [0.717, 1.165) is 35.9 Å². The minimum absolute atomic E-state index is 0.127. The third kappa shape index (κ3) is 5.86. The monoisotopic (exact) mass is 568 g/mol. The lowest BCUT2D eigenvalue weighted by Crippen LogP contribution is -2.39. The molecule has 0 atom stereocenters. The molecule has 4 aromatic rings. The average Bonchev–Trinajstić information content (AvgIpc) is 3.20. The Morgan fingerprint density at radius 1 is 1.05 bits per heavy atom. The molecule has 1 fully saturated rings. The first kappa shape index (κ1) is 27.8. The van der Waals surface area contributed by atoms with E-state index in [-0.39, 0.29) is 34.3 Å². The van der Waals surface area contributed by atoms with Crippen LogP contribution in [0.4, 0.5) is 14.6 Å². The summed E-state index contributed by atoms with van der Waals surface area (Å²) < 4.78 is 30.2. The maximum Gasteiger partial charge on any atom is 0.333 e. The molecule has 1 aliphatic carbocycles. The number of hydrogen-bond donors (Lipinski definition) is 2. The van der Waals surface area contributed by atoms with Crippen molar-refractivity contribution in [3.05, 3.63) is 81.6 Å². The van der Waals surface area contributed by atoms with E-state index in [2.05, 4.69) is 20.6 Å². The van der Waals surface area contributed by atoms with E-state index in [9.17, 15) is 18.4 Å². The van der Waals surface area contributed by atoms with Gasteiger partial charge < -0.3 is 10.6 Å². The van der Waals surface area contributed by atoms with E-state index in [0.29, 0.717) is 25.1 Å². The molecule has 1 saturated carbocycles. The van der Waals surface area contributed by atoms with Gasteiger partial charge in [0.2, 0.25) is 0 Å². The lowest BCUT2D eigenvalue weighted by atomic mass is 9.85. The summed E-state index contributed by atoms with van der Waals surface area (Å²) in [5.41, 5.74) is 1.44. The molecule has 3 aromatic heterocycles. The number of aromatic nitrogens is 4. The van der Waals surface area contributed by atoms with Gasteiger partial charge in [0.05, 0.1) is 33.5 Å². The van der Waals surface area contributed by atoms with Crippen LogP contribution < -0.4 is 16.3 Å². The Bertz CT molecular complexity index is 1560. The topological polar surface area (TPSA) is 93.8 Å². The van der Waals surface area contributed by atoms with E-state index in [1.54, 1.807) is 10.8 Å². The normalized spacial score (nSPS) is 17.5. The van der Waals surface area contributed by atoms with Crippen LogP contribution in [0.1, 0.15) is 62.0 Å². The van der Waals surface area contributed by atoms with Crippen molar-refractivity contribution in [1.82, 2.24) is 24.4 Å². The second kappa shape index (κ2) is 11.8. The molecule has 3 heterocycles. The highest BCUT2D eigenvalue weighted by atomic mass is 35.5. The number of rotatable bonds is 8. The summed E-state index contributed by atoms with van der Waals surface area (Å²) in [6.45, 7) is 4.62. The highest BCUT2D eigenvalue weighted by Gasteiger charge is 2.27. The predicted octanol–water partition coefficient (Wildman–Crippen LogP) is 5.98. The molecule has 210 valence electrons. The van der Waals surface area contributed by atoms with Crippen molar-refractivity contribution in [1.29, 1.82) is 0 Å². The first-order valence-corrected chi connectivity index (χ1v) is 13.8. The highest BCUT2D eigenvalue weighted by molar-refractivity contribution is 6.30. The molecule has 1 amide bonds. The smallest absolute Gasteiger partial charge is 0.333 e. The molecule has 1 aromatic carbocycles. The fourth-order valence-electron chi connectivity index (χ4n) is 5.35. The van der Waals surface area contributed by atoms with Crippen LogP contribution in [-0.2, 0) is 6.54 Å². The largest absolute Gasteiger partial charge is 0.368 e. The molecule has 8 nitrogen and oxygen atoms in total. The van der Waals surface area contributed by atoms with Gasteiger partial charge in [-0.05, 0) is 75.8 Å². The van der Waals surface area contributed by atoms with Gasteiger partial charge in [-0.1, -0.05) is 23.7 Å². The zero-order valence-electron chi connectivity index (χ0n) is 22.3. The Labute approximate surface area is 235 Å². The summed E-state index contributed by atoms with van der Waals surface area (Å²) >= 11 is 5.90. The molecule has 0 bridgehead atoms. The Balaban J connectivity index is 1.29. The number of nitrogens with one attached hydrogen (secondary N) is 2. The molecule has 0 radical (unpaired) electrons. The molecule has 5 rings (SSSR count). The summed E-state index contributed by atoms with van der Waals surface area (Å²) in [4.78, 5) is 34.5. The summed E-state index contributed by atoms with van der Waals surface area (Å²) in [7, 11) is 0. The molecule has 0 aliphatic heterocycles. The number of carbonyl (C=O) groups is 1. The van der Waals surface area contributed by atoms with Gasteiger partial charge in [-0.2, -0.15) is 0 Å². The first-order valence-electron chi connectivity index (χ1n) is 13.4. The number of pyridine rings is 2. The zero-order chi connectivity index (χ0) is 28.4.